The number of rotatable bonds is 3. The SMILES string of the molecule is N#Cc1ccccc1CN1CCC(CN)C1. The standard InChI is InChI=1S/C13H17N3/c14-7-11-5-6-16(9-11)10-13-4-2-1-3-12(13)8-15/h1-4,11H,5-7,9-10,14H2. The van der Waals surface area contributed by atoms with Gasteiger partial charge in [0.15, 0.2) is 0 Å². The molecule has 1 saturated heterocycles. The summed E-state index contributed by atoms with van der Waals surface area (Å²) in [5, 5.41) is 9.00. The molecule has 0 aromatic heterocycles. The molecule has 0 bridgehead atoms. The lowest BCUT2D eigenvalue weighted by atomic mass is 10.1. The van der Waals surface area contributed by atoms with Crippen LogP contribution in [-0.4, -0.2) is 24.5 Å². The smallest absolute Gasteiger partial charge is 0.0995 e. The molecule has 0 spiro atoms. The summed E-state index contributed by atoms with van der Waals surface area (Å²) in [5.74, 6) is 0.634. The van der Waals surface area contributed by atoms with Crippen molar-refractivity contribution >= 4 is 0 Å². The second-order valence-electron chi connectivity index (χ2n) is 4.39. The van der Waals surface area contributed by atoms with Crippen molar-refractivity contribution in [1.29, 1.82) is 5.26 Å². The third-order valence-electron chi connectivity index (χ3n) is 3.24. The van der Waals surface area contributed by atoms with Gasteiger partial charge in [-0.15, -0.1) is 0 Å². The molecular weight excluding hydrogens is 198 g/mol. The van der Waals surface area contributed by atoms with Gasteiger partial charge < -0.3 is 5.73 Å². The largest absolute Gasteiger partial charge is 0.330 e. The van der Waals surface area contributed by atoms with Gasteiger partial charge in [0.1, 0.15) is 0 Å². The molecule has 3 nitrogen and oxygen atoms in total. The highest BCUT2D eigenvalue weighted by molar-refractivity contribution is 5.37. The van der Waals surface area contributed by atoms with Crippen molar-refractivity contribution in [2.75, 3.05) is 19.6 Å². The zero-order valence-electron chi connectivity index (χ0n) is 9.39. The van der Waals surface area contributed by atoms with Gasteiger partial charge >= 0.3 is 0 Å². The fourth-order valence-electron chi connectivity index (χ4n) is 2.26. The first-order valence-corrected chi connectivity index (χ1v) is 5.74. The average Bonchev–Trinajstić information content (AvgIpc) is 2.77. The van der Waals surface area contributed by atoms with Crippen LogP contribution >= 0.6 is 0 Å². The van der Waals surface area contributed by atoms with Gasteiger partial charge in [-0.3, -0.25) is 4.90 Å². The first-order valence-electron chi connectivity index (χ1n) is 5.74. The lowest BCUT2D eigenvalue weighted by Gasteiger charge is -2.16. The minimum absolute atomic E-state index is 0.634. The van der Waals surface area contributed by atoms with Crippen LogP contribution in [0.2, 0.25) is 0 Å². The van der Waals surface area contributed by atoms with E-state index in [-0.39, 0.29) is 0 Å². The Hall–Kier alpha value is -1.37. The van der Waals surface area contributed by atoms with Gasteiger partial charge in [0.25, 0.3) is 0 Å². The highest BCUT2D eigenvalue weighted by Crippen LogP contribution is 2.19. The summed E-state index contributed by atoms with van der Waals surface area (Å²) in [4.78, 5) is 2.38. The van der Waals surface area contributed by atoms with Crippen molar-refractivity contribution in [3.05, 3.63) is 35.4 Å². The maximum Gasteiger partial charge on any atom is 0.0995 e. The van der Waals surface area contributed by atoms with Crippen LogP contribution in [0.25, 0.3) is 0 Å². The highest BCUT2D eigenvalue weighted by atomic mass is 15.1. The summed E-state index contributed by atoms with van der Waals surface area (Å²) in [7, 11) is 0. The van der Waals surface area contributed by atoms with Crippen molar-refractivity contribution < 1.29 is 0 Å². The average molecular weight is 215 g/mol. The highest BCUT2D eigenvalue weighted by Gasteiger charge is 2.21. The van der Waals surface area contributed by atoms with Gasteiger partial charge in [-0.1, -0.05) is 18.2 Å². The van der Waals surface area contributed by atoms with Crippen molar-refractivity contribution in [2.45, 2.75) is 13.0 Å². The quantitative estimate of drug-likeness (QED) is 0.827. The number of hydrogen-bond acceptors (Lipinski definition) is 3. The summed E-state index contributed by atoms with van der Waals surface area (Å²) >= 11 is 0. The Morgan fingerprint density at radius 2 is 2.25 bits per heavy atom. The Morgan fingerprint density at radius 3 is 2.94 bits per heavy atom. The van der Waals surface area contributed by atoms with Crippen LogP contribution in [0.3, 0.4) is 0 Å². The van der Waals surface area contributed by atoms with Gasteiger partial charge in [0.2, 0.25) is 0 Å². The Morgan fingerprint density at radius 1 is 1.44 bits per heavy atom. The fourth-order valence-corrected chi connectivity index (χ4v) is 2.26. The Balaban J connectivity index is 2.02. The Bertz CT molecular complexity index is 394. The minimum atomic E-state index is 0.634. The molecule has 2 N–H and O–H groups in total. The van der Waals surface area contributed by atoms with Crippen LogP contribution < -0.4 is 5.73 Å². The Kier molecular flexibility index (Phi) is 3.55. The monoisotopic (exact) mass is 215 g/mol. The molecule has 0 amide bonds. The number of benzene rings is 1. The molecule has 0 radical (unpaired) electrons. The van der Waals surface area contributed by atoms with Crippen LogP contribution in [-0.2, 0) is 6.54 Å². The normalized spacial score (nSPS) is 20.9. The zero-order chi connectivity index (χ0) is 11.4. The molecule has 1 atom stereocenters. The molecule has 0 aliphatic carbocycles. The molecule has 0 saturated carbocycles. The van der Waals surface area contributed by atoms with Crippen LogP contribution in [0.5, 0.6) is 0 Å². The van der Waals surface area contributed by atoms with Crippen LogP contribution in [0.4, 0.5) is 0 Å². The topological polar surface area (TPSA) is 53.0 Å². The third-order valence-corrected chi connectivity index (χ3v) is 3.24. The zero-order valence-corrected chi connectivity index (χ0v) is 9.39. The van der Waals surface area contributed by atoms with E-state index in [9.17, 15) is 0 Å². The fraction of sp³-hybridized carbons (Fsp3) is 0.462. The molecule has 84 valence electrons. The Labute approximate surface area is 96.5 Å². The first kappa shape index (κ1) is 11.1. The van der Waals surface area contributed by atoms with E-state index in [1.165, 1.54) is 6.42 Å². The van der Waals surface area contributed by atoms with E-state index in [1.807, 2.05) is 24.3 Å². The third kappa shape index (κ3) is 2.41. The molecule has 2 rings (SSSR count). The van der Waals surface area contributed by atoms with E-state index >= 15 is 0 Å². The lowest BCUT2D eigenvalue weighted by Crippen LogP contribution is -2.23. The molecule has 16 heavy (non-hydrogen) atoms. The van der Waals surface area contributed by atoms with Gasteiger partial charge in [-0.25, -0.2) is 0 Å². The van der Waals surface area contributed by atoms with Gasteiger partial charge in [-0.05, 0) is 37.1 Å². The lowest BCUT2D eigenvalue weighted by molar-refractivity contribution is 0.317. The van der Waals surface area contributed by atoms with Crippen LogP contribution in [0, 0.1) is 17.2 Å². The molecule has 1 aromatic rings. The number of hydrogen-bond donors (Lipinski definition) is 1. The molecular formula is C13H17N3. The predicted octanol–water partition coefficient (Wildman–Crippen LogP) is 1.34. The maximum absolute atomic E-state index is 9.00. The van der Waals surface area contributed by atoms with Gasteiger partial charge in [0.05, 0.1) is 11.6 Å². The number of nitrogens with two attached hydrogens (primary N) is 1. The van der Waals surface area contributed by atoms with E-state index in [2.05, 4.69) is 11.0 Å². The van der Waals surface area contributed by atoms with E-state index in [1.54, 1.807) is 0 Å². The number of nitriles is 1. The van der Waals surface area contributed by atoms with Crippen LogP contribution in [0.1, 0.15) is 17.5 Å². The number of likely N-dealkylation sites (tertiary alicyclic amines) is 1. The molecule has 1 unspecified atom stereocenters. The molecule has 1 aliphatic rings. The second kappa shape index (κ2) is 5.11. The molecule has 1 heterocycles. The maximum atomic E-state index is 9.00. The summed E-state index contributed by atoms with van der Waals surface area (Å²) in [6.45, 7) is 3.81. The van der Waals surface area contributed by atoms with Crippen molar-refractivity contribution in [3.63, 3.8) is 0 Å². The molecule has 3 heteroatoms. The van der Waals surface area contributed by atoms with E-state index in [4.69, 9.17) is 11.0 Å². The summed E-state index contributed by atoms with van der Waals surface area (Å²) in [6, 6.07) is 10.1. The minimum Gasteiger partial charge on any atom is -0.330 e. The van der Waals surface area contributed by atoms with E-state index in [0.29, 0.717) is 5.92 Å². The summed E-state index contributed by atoms with van der Waals surface area (Å²) < 4.78 is 0. The number of nitrogens with zero attached hydrogens (tertiary/aromatic N) is 2. The van der Waals surface area contributed by atoms with Crippen molar-refractivity contribution in [3.8, 4) is 6.07 Å². The summed E-state index contributed by atoms with van der Waals surface area (Å²) in [5.41, 5.74) is 7.58. The predicted molar refractivity (Wildman–Crippen MR) is 63.6 cm³/mol. The van der Waals surface area contributed by atoms with Crippen LogP contribution in [0.15, 0.2) is 24.3 Å². The first-order chi connectivity index (χ1) is 7.83. The molecule has 1 fully saturated rings. The molecule has 1 aromatic carbocycles. The van der Waals surface area contributed by atoms with Gasteiger partial charge in [-0.2, -0.15) is 5.26 Å². The summed E-state index contributed by atoms with van der Waals surface area (Å²) in [6.07, 6.45) is 1.19. The van der Waals surface area contributed by atoms with E-state index in [0.717, 1.165) is 37.3 Å². The van der Waals surface area contributed by atoms with Gasteiger partial charge in [0, 0.05) is 13.1 Å². The van der Waals surface area contributed by atoms with E-state index < -0.39 is 0 Å². The molecule has 1 aliphatic heterocycles. The second-order valence-corrected chi connectivity index (χ2v) is 4.39. The van der Waals surface area contributed by atoms with Crippen molar-refractivity contribution in [1.82, 2.24) is 4.90 Å². The van der Waals surface area contributed by atoms with Crippen molar-refractivity contribution in [2.24, 2.45) is 11.7 Å².